The first-order valence-electron chi connectivity index (χ1n) is 16.9. The Hall–Kier alpha value is -5.62. The molecule has 3 aromatic carbocycles. The topological polar surface area (TPSA) is 128 Å². The first-order valence-corrected chi connectivity index (χ1v) is 17.7. The molecule has 2 N–H and O–H groups in total. The molecule has 262 valence electrons. The molecular weight excluding hydrogens is 667 g/mol. The molecule has 1 atom stereocenters. The predicted molar refractivity (Wildman–Crippen MR) is 198 cm³/mol. The lowest BCUT2D eigenvalue weighted by Gasteiger charge is -2.25. The lowest BCUT2D eigenvalue weighted by Crippen LogP contribution is -2.32. The standard InChI is InChI=1S/C39H39N5O6S/c1-47-26-14-11-24(12-15-26)29(30-22-40-31-10-6-5-9-27(30)31)21-41-35(45)23-50-38(46)28-20-32(25-13-16-33(48-2)34(19-25)49-3)42-37-36(28)51-39(43-37)44-17-7-4-8-18-44/h5-6,9-16,19-20,22,29,40H,4,7-8,17-18,21,23H2,1-3H3,(H,41,45). The molecular formula is C39H39N5O6S. The number of amides is 1. The number of nitrogens with one attached hydrogen (secondary N) is 2. The van der Waals surface area contributed by atoms with Gasteiger partial charge in [0.25, 0.3) is 5.91 Å². The van der Waals surface area contributed by atoms with Gasteiger partial charge in [-0.3, -0.25) is 4.79 Å². The number of aromatic nitrogens is 3. The van der Waals surface area contributed by atoms with Crippen molar-refractivity contribution in [2.24, 2.45) is 0 Å². The van der Waals surface area contributed by atoms with E-state index in [4.69, 9.17) is 28.9 Å². The van der Waals surface area contributed by atoms with Crippen molar-refractivity contribution in [3.63, 3.8) is 0 Å². The van der Waals surface area contributed by atoms with Crippen LogP contribution in [0, 0.1) is 0 Å². The fraction of sp³-hybridized carbons (Fsp3) is 0.282. The maximum Gasteiger partial charge on any atom is 0.340 e. The number of H-pyrrole nitrogens is 1. The Kier molecular flexibility index (Phi) is 10.0. The number of pyridine rings is 1. The first kappa shape index (κ1) is 33.9. The number of fused-ring (bicyclic) bond motifs is 2. The van der Waals surface area contributed by atoms with Crippen molar-refractivity contribution in [3.05, 3.63) is 95.7 Å². The van der Waals surface area contributed by atoms with Crippen molar-refractivity contribution in [1.82, 2.24) is 20.3 Å². The number of benzene rings is 3. The molecule has 1 aliphatic rings. The van der Waals surface area contributed by atoms with Crippen molar-refractivity contribution in [1.29, 1.82) is 0 Å². The number of hydrogen-bond acceptors (Lipinski definition) is 10. The van der Waals surface area contributed by atoms with Crippen molar-refractivity contribution in [3.8, 4) is 28.5 Å². The maximum atomic E-state index is 13.8. The minimum atomic E-state index is -0.628. The minimum absolute atomic E-state index is 0.166. The minimum Gasteiger partial charge on any atom is -0.497 e. The number of piperidine rings is 1. The highest BCUT2D eigenvalue weighted by molar-refractivity contribution is 7.22. The Bertz CT molecular complexity index is 2170. The Labute approximate surface area is 299 Å². The second-order valence-corrected chi connectivity index (χ2v) is 13.3. The number of ether oxygens (including phenoxy) is 4. The molecule has 4 heterocycles. The summed E-state index contributed by atoms with van der Waals surface area (Å²) >= 11 is 1.42. The van der Waals surface area contributed by atoms with Crippen LogP contribution in [0.1, 0.15) is 46.7 Å². The average molecular weight is 706 g/mol. The van der Waals surface area contributed by atoms with Crippen LogP contribution >= 0.6 is 11.3 Å². The Morgan fingerprint density at radius 2 is 1.69 bits per heavy atom. The van der Waals surface area contributed by atoms with Crippen LogP contribution in [-0.2, 0) is 9.53 Å². The van der Waals surface area contributed by atoms with Gasteiger partial charge in [0, 0.05) is 48.2 Å². The molecule has 0 saturated carbocycles. The molecule has 6 aromatic rings. The monoisotopic (exact) mass is 705 g/mol. The van der Waals surface area contributed by atoms with Crippen molar-refractivity contribution in [2.75, 3.05) is 52.5 Å². The first-order chi connectivity index (χ1) is 24.9. The third-order valence-electron chi connectivity index (χ3n) is 9.23. The van der Waals surface area contributed by atoms with Gasteiger partial charge >= 0.3 is 5.97 Å². The van der Waals surface area contributed by atoms with E-state index in [1.54, 1.807) is 39.5 Å². The highest BCUT2D eigenvalue weighted by Crippen LogP contribution is 2.37. The molecule has 0 spiro atoms. The van der Waals surface area contributed by atoms with Crippen molar-refractivity contribution < 1.29 is 28.5 Å². The van der Waals surface area contributed by atoms with E-state index in [1.807, 2.05) is 54.7 Å². The van der Waals surface area contributed by atoms with Crippen LogP contribution < -0.4 is 24.4 Å². The van der Waals surface area contributed by atoms with E-state index in [9.17, 15) is 9.59 Å². The highest BCUT2D eigenvalue weighted by atomic mass is 32.1. The van der Waals surface area contributed by atoms with Crippen LogP contribution in [0.15, 0.2) is 79.0 Å². The summed E-state index contributed by atoms with van der Waals surface area (Å²) in [7, 11) is 4.77. The largest absolute Gasteiger partial charge is 0.497 e. The second-order valence-electron chi connectivity index (χ2n) is 12.3. The Balaban J connectivity index is 1.12. The summed E-state index contributed by atoms with van der Waals surface area (Å²) < 4.78 is 22.6. The molecule has 1 unspecified atom stereocenters. The number of rotatable bonds is 12. The summed E-state index contributed by atoms with van der Waals surface area (Å²) in [5, 5.41) is 4.88. The summed E-state index contributed by atoms with van der Waals surface area (Å²) in [4.78, 5) is 42.3. The van der Waals surface area contributed by atoms with E-state index in [1.165, 1.54) is 17.8 Å². The zero-order valence-corrected chi connectivity index (χ0v) is 29.5. The van der Waals surface area contributed by atoms with Gasteiger partial charge in [-0.15, -0.1) is 0 Å². The second kappa shape index (κ2) is 15.1. The van der Waals surface area contributed by atoms with E-state index in [2.05, 4.69) is 21.3 Å². The zero-order chi connectivity index (χ0) is 35.3. The number of carbonyl (C=O) groups excluding carboxylic acids is 2. The molecule has 7 rings (SSSR count). The van der Waals surface area contributed by atoms with Gasteiger partial charge in [0.05, 0.1) is 37.3 Å². The van der Waals surface area contributed by atoms with Gasteiger partial charge in [0.1, 0.15) is 5.75 Å². The number of aromatic amines is 1. The van der Waals surface area contributed by atoms with E-state index < -0.39 is 18.5 Å². The third kappa shape index (κ3) is 7.18. The summed E-state index contributed by atoms with van der Waals surface area (Å²) in [6, 6.07) is 23.0. The van der Waals surface area contributed by atoms with E-state index >= 15 is 0 Å². The third-order valence-corrected chi connectivity index (χ3v) is 10.4. The molecule has 1 fully saturated rings. The van der Waals surface area contributed by atoms with Gasteiger partial charge in [-0.2, -0.15) is 4.98 Å². The molecule has 1 amide bonds. The number of anilines is 1. The summed E-state index contributed by atoms with van der Waals surface area (Å²) in [5.41, 5.74) is 5.05. The lowest BCUT2D eigenvalue weighted by atomic mass is 9.91. The van der Waals surface area contributed by atoms with Gasteiger partial charge in [0.2, 0.25) is 0 Å². The Morgan fingerprint density at radius 1 is 0.902 bits per heavy atom. The van der Waals surface area contributed by atoms with Crippen LogP contribution in [0.25, 0.3) is 32.5 Å². The van der Waals surface area contributed by atoms with Crippen LogP contribution in [0.5, 0.6) is 17.2 Å². The fourth-order valence-electron chi connectivity index (χ4n) is 6.52. The van der Waals surface area contributed by atoms with Gasteiger partial charge in [-0.25, -0.2) is 9.78 Å². The predicted octanol–water partition coefficient (Wildman–Crippen LogP) is 6.96. The molecule has 51 heavy (non-hydrogen) atoms. The molecule has 3 aromatic heterocycles. The molecule has 1 aliphatic heterocycles. The number of hydrogen-bond donors (Lipinski definition) is 2. The smallest absolute Gasteiger partial charge is 0.340 e. The average Bonchev–Trinajstić information content (AvgIpc) is 3.82. The van der Waals surface area contributed by atoms with Crippen LogP contribution in [-0.4, -0.2) is 74.4 Å². The summed E-state index contributed by atoms with van der Waals surface area (Å²) in [5.74, 6) is 0.650. The van der Waals surface area contributed by atoms with E-state index in [-0.39, 0.29) is 5.92 Å². The van der Waals surface area contributed by atoms with Crippen LogP contribution in [0.4, 0.5) is 5.13 Å². The molecule has 1 saturated heterocycles. The summed E-state index contributed by atoms with van der Waals surface area (Å²) in [6.07, 6.45) is 5.34. The number of esters is 1. The molecule has 0 bridgehead atoms. The van der Waals surface area contributed by atoms with E-state index in [0.717, 1.165) is 64.4 Å². The number of methoxy groups -OCH3 is 3. The zero-order valence-electron chi connectivity index (χ0n) is 28.7. The summed E-state index contributed by atoms with van der Waals surface area (Å²) in [6.45, 7) is 1.65. The molecule has 0 radical (unpaired) electrons. The van der Waals surface area contributed by atoms with Gasteiger partial charge in [-0.1, -0.05) is 41.7 Å². The van der Waals surface area contributed by atoms with Crippen LogP contribution in [0.2, 0.25) is 0 Å². The number of nitrogens with zero attached hydrogens (tertiary/aromatic N) is 3. The van der Waals surface area contributed by atoms with Gasteiger partial charge < -0.3 is 34.1 Å². The quantitative estimate of drug-likeness (QED) is 0.130. The molecule has 0 aliphatic carbocycles. The van der Waals surface area contributed by atoms with Crippen molar-refractivity contribution in [2.45, 2.75) is 25.2 Å². The fourth-order valence-corrected chi connectivity index (χ4v) is 7.58. The number of para-hydroxylation sites is 1. The SMILES string of the molecule is COc1ccc(C(CNC(=O)COC(=O)c2cc(-c3ccc(OC)c(OC)c3)nc3nc(N4CCCCC4)sc23)c2c[nH]c3ccccc23)cc1. The van der Waals surface area contributed by atoms with Gasteiger partial charge in [-0.05, 0) is 72.9 Å². The Morgan fingerprint density at radius 3 is 2.45 bits per heavy atom. The highest BCUT2D eigenvalue weighted by Gasteiger charge is 2.24. The molecule has 11 nitrogen and oxygen atoms in total. The van der Waals surface area contributed by atoms with Gasteiger partial charge in [0.15, 0.2) is 28.9 Å². The van der Waals surface area contributed by atoms with Crippen molar-refractivity contribution >= 4 is 49.6 Å². The van der Waals surface area contributed by atoms with Crippen LogP contribution in [0.3, 0.4) is 0 Å². The maximum absolute atomic E-state index is 13.8. The number of carbonyl (C=O) groups is 2. The normalized spacial score (nSPS) is 13.6. The molecule has 12 heteroatoms. The van der Waals surface area contributed by atoms with E-state index in [0.29, 0.717) is 39.6 Å². The lowest BCUT2D eigenvalue weighted by molar-refractivity contribution is -0.124. The number of thiazole rings is 1.